The van der Waals surface area contributed by atoms with Gasteiger partial charge in [0.2, 0.25) is 0 Å². The highest BCUT2D eigenvalue weighted by molar-refractivity contribution is 6.00. The van der Waals surface area contributed by atoms with Gasteiger partial charge < -0.3 is 4.98 Å². The number of carbonyl (C=O) groups excluding carboxylic acids is 1. The van der Waals surface area contributed by atoms with Crippen molar-refractivity contribution in [3.63, 3.8) is 0 Å². The summed E-state index contributed by atoms with van der Waals surface area (Å²) in [4.78, 5) is 14.3. The molecule has 0 bridgehead atoms. The number of aromatic nitrogens is 1. The summed E-state index contributed by atoms with van der Waals surface area (Å²) >= 11 is 0. The molecule has 0 radical (unpaired) electrons. The highest BCUT2D eigenvalue weighted by atomic mass is 16.5. The number of H-pyrrole nitrogens is 1. The number of aryl methyl sites for hydroxylation is 2. The van der Waals surface area contributed by atoms with Gasteiger partial charge in [-0.15, -0.1) is 0 Å². The molecule has 1 heterocycles. The minimum absolute atomic E-state index is 0.427. The maximum absolute atomic E-state index is 11.4. The van der Waals surface area contributed by atoms with E-state index in [-0.39, 0.29) is 0 Å². The van der Waals surface area contributed by atoms with Gasteiger partial charge in [-0.2, -0.15) is 0 Å². The first kappa shape index (κ1) is 11.4. The molecule has 0 aliphatic carbocycles. The van der Waals surface area contributed by atoms with Crippen molar-refractivity contribution in [2.45, 2.75) is 13.8 Å². The van der Waals surface area contributed by atoms with Gasteiger partial charge in [0, 0.05) is 18.0 Å². The second-order valence-electron chi connectivity index (χ2n) is 4.02. The van der Waals surface area contributed by atoms with Gasteiger partial charge in [-0.1, -0.05) is 18.2 Å². The zero-order valence-corrected chi connectivity index (χ0v) is 9.74. The van der Waals surface area contributed by atoms with Gasteiger partial charge in [0.15, 0.2) is 0 Å². The number of hydrogen-bond donors (Lipinski definition) is 3. The van der Waals surface area contributed by atoms with E-state index in [9.17, 15) is 4.79 Å². The molecule has 17 heavy (non-hydrogen) atoms. The van der Waals surface area contributed by atoms with E-state index < -0.39 is 5.91 Å². The zero-order chi connectivity index (χ0) is 12.4. The molecule has 0 aliphatic rings. The molecule has 0 spiro atoms. The fourth-order valence-electron chi connectivity index (χ4n) is 1.76. The van der Waals surface area contributed by atoms with Gasteiger partial charge in [-0.25, -0.2) is 5.48 Å². The Morgan fingerprint density at radius 3 is 2.65 bits per heavy atom. The average molecular weight is 230 g/mol. The molecule has 0 aliphatic heterocycles. The predicted octanol–water partition coefficient (Wildman–Crippen LogP) is 2.42. The van der Waals surface area contributed by atoms with Crippen LogP contribution in [0.2, 0.25) is 0 Å². The number of carbonyl (C=O) groups is 1. The number of hydroxylamine groups is 1. The van der Waals surface area contributed by atoms with Gasteiger partial charge in [-0.05, 0) is 30.5 Å². The van der Waals surface area contributed by atoms with Crippen molar-refractivity contribution in [2.75, 3.05) is 0 Å². The Morgan fingerprint density at radius 2 is 2.00 bits per heavy atom. The SMILES string of the molecule is Cc1ccc(-c2c[nH]cc2C(=O)NO)cc1C. The topological polar surface area (TPSA) is 65.1 Å². The molecule has 1 aromatic carbocycles. The van der Waals surface area contributed by atoms with E-state index in [1.165, 1.54) is 11.1 Å². The van der Waals surface area contributed by atoms with Crippen LogP contribution >= 0.6 is 0 Å². The summed E-state index contributed by atoms with van der Waals surface area (Å²) in [5, 5.41) is 8.66. The van der Waals surface area contributed by atoms with Gasteiger partial charge in [-0.3, -0.25) is 10.0 Å². The number of benzene rings is 1. The monoisotopic (exact) mass is 230 g/mol. The summed E-state index contributed by atoms with van der Waals surface area (Å²) in [6.45, 7) is 4.06. The van der Waals surface area contributed by atoms with Crippen LogP contribution in [0.25, 0.3) is 11.1 Å². The zero-order valence-electron chi connectivity index (χ0n) is 9.74. The van der Waals surface area contributed by atoms with E-state index in [1.807, 2.05) is 32.0 Å². The average Bonchev–Trinajstić information content (AvgIpc) is 2.80. The predicted molar refractivity (Wildman–Crippen MR) is 65.0 cm³/mol. The van der Waals surface area contributed by atoms with E-state index in [4.69, 9.17) is 5.21 Å². The van der Waals surface area contributed by atoms with Crippen LogP contribution in [0.1, 0.15) is 21.5 Å². The highest BCUT2D eigenvalue weighted by Crippen LogP contribution is 2.25. The van der Waals surface area contributed by atoms with E-state index in [1.54, 1.807) is 17.9 Å². The van der Waals surface area contributed by atoms with Crippen molar-refractivity contribution in [2.24, 2.45) is 0 Å². The lowest BCUT2D eigenvalue weighted by molar-refractivity contribution is 0.0707. The molecular formula is C13H14N2O2. The molecule has 3 N–H and O–H groups in total. The summed E-state index contributed by atoms with van der Waals surface area (Å²) in [6.07, 6.45) is 3.31. The lowest BCUT2D eigenvalue weighted by Crippen LogP contribution is -2.18. The Kier molecular flexibility index (Phi) is 2.97. The normalized spacial score (nSPS) is 10.3. The van der Waals surface area contributed by atoms with Crippen molar-refractivity contribution >= 4 is 5.91 Å². The minimum Gasteiger partial charge on any atom is -0.366 e. The maximum Gasteiger partial charge on any atom is 0.276 e. The molecule has 2 aromatic rings. The first-order chi connectivity index (χ1) is 8.13. The summed E-state index contributed by atoms with van der Waals surface area (Å²) in [5.41, 5.74) is 6.17. The third-order valence-corrected chi connectivity index (χ3v) is 2.91. The summed E-state index contributed by atoms with van der Waals surface area (Å²) < 4.78 is 0. The smallest absolute Gasteiger partial charge is 0.276 e. The van der Waals surface area contributed by atoms with Crippen molar-refractivity contribution in [1.29, 1.82) is 0 Å². The lowest BCUT2D eigenvalue weighted by Gasteiger charge is -2.05. The van der Waals surface area contributed by atoms with Crippen LogP contribution in [-0.2, 0) is 0 Å². The van der Waals surface area contributed by atoms with Crippen molar-refractivity contribution in [1.82, 2.24) is 10.5 Å². The second-order valence-corrected chi connectivity index (χ2v) is 4.02. The number of amides is 1. The number of hydrogen-bond acceptors (Lipinski definition) is 2. The summed E-state index contributed by atoms with van der Waals surface area (Å²) in [5.74, 6) is -0.514. The molecule has 0 unspecified atom stereocenters. The van der Waals surface area contributed by atoms with Crippen molar-refractivity contribution < 1.29 is 10.0 Å². The Balaban J connectivity index is 2.50. The molecule has 0 saturated carbocycles. The Morgan fingerprint density at radius 1 is 1.24 bits per heavy atom. The minimum atomic E-state index is -0.514. The van der Waals surface area contributed by atoms with Crippen molar-refractivity contribution in [3.05, 3.63) is 47.3 Å². The van der Waals surface area contributed by atoms with Crippen LogP contribution in [0, 0.1) is 13.8 Å². The van der Waals surface area contributed by atoms with Gasteiger partial charge in [0.25, 0.3) is 5.91 Å². The molecule has 0 saturated heterocycles. The van der Waals surface area contributed by atoms with E-state index in [0.29, 0.717) is 5.56 Å². The van der Waals surface area contributed by atoms with Crippen LogP contribution in [0.3, 0.4) is 0 Å². The number of nitrogens with one attached hydrogen (secondary N) is 2. The fraction of sp³-hybridized carbons (Fsp3) is 0.154. The molecule has 0 atom stereocenters. The maximum atomic E-state index is 11.4. The molecule has 4 heteroatoms. The molecule has 1 aromatic heterocycles. The van der Waals surface area contributed by atoms with E-state index in [2.05, 4.69) is 4.98 Å². The molecule has 1 amide bonds. The number of rotatable bonds is 2. The van der Waals surface area contributed by atoms with Crippen molar-refractivity contribution in [3.8, 4) is 11.1 Å². The second kappa shape index (κ2) is 4.43. The van der Waals surface area contributed by atoms with Crippen LogP contribution in [-0.4, -0.2) is 16.1 Å². The van der Waals surface area contributed by atoms with Crippen LogP contribution < -0.4 is 5.48 Å². The largest absolute Gasteiger partial charge is 0.366 e. The fourth-order valence-corrected chi connectivity index (χ4v) is 1.76. The summed E-state index contributed by atoms with van der Waals surface area (Å²) in [6, 6.07) is 5.99. The van der Waals surface area contributed by atoms with Gasteiger partial charge in [0.05, 0.1) is 5.56 Å². The third-order valence-electron chi connectivity index (χ3n) is 2.91. The molecule has 0 fully saturated rings. The number of aromatic amines is 1. The molecule has 88 valence electrons. The quantitative estimate of drug-likeness (QED) is 0.548. The Labute approximate surface area is 99.3 Å². The summed E-state index contributed by atoms with van der Waals surface area (Å²) in [7, 11) is 0. The molecule has 4 nitrogen and oxygen atoms in total. The first-order valence-corrected chi connectivity index (χ1v) is 5.32. The Hall–Kier alpha value is -2.07. The third kappa shape index (κ3) is 2.07. The molecular weight excluding hydrogens is 216 g/mol. The standard InChI is InChI=1S/C13H14N2O2/c1-8-3-4-10(5-9(8)2)11-6-14-7-12(11)13(16)15-17/h3-7,14,17H,1-2H3,(H,15,16). The highest BCUT2D eigenvalue weighted by Gasteiger charge is 2.13. The Bertz CT molecular complexity index is 558. The van der Waals surface area contributed by atoms with Gasteiger partial charge >= 0.3 is 0 Å². The molecule has 2 rings (SSSR count). The van der Waals surface area contributed by atoms with E-state index >= 15 is 0 Å². The first-order valence-electron chi connectivity index (χ1n) is 5.32. The van der Waals surface area contributed by atoms with Crippen LogP contribution in [0.4, 0.5) is 0 Å². The van der Waals surface area contributed by atoms with Gasteiger partial charge in [0.1, 0.15) is 0 Å². The van der Waals surface area contributed by atoms with Crippen LogP contribution in [0.15, 0.2) is 30.6 Å². The van der Waals surface area contributed by atoms with Crippen LogP contribution in [0.5, 0.6) is 0 Å². The van der Waals surface area contributed by atoms with E-state index in [0.717, 1.165) is 11.1 Å². The lowest BCUT2D eigenvalue weighted by atomic mass is 10.00.